The number of aromatic nitrogens is 4. The quantitative estimate of drug-likeness (QED) is 0.689. The maximum atomic E-state index is 12.8. The van der Waals surface area contributed by atoms with E-state index in [2.05, 4.69) is 32.7 Å². The minimum Gasteiger partial charge on any atom is -0.303 e. The van der Waals surface area contributed by atoms with Crippen molar-refractivity contribution < 1.29 is 0 Å². The summed E-state index contributed by atoms with van der Waals surface area (Å²) in [5.74, 6) is 2.72. The van der Waals surface area contributed by atoms with Crippen molar-refractivity contribution in [1.82, 2.24) is 19.6 Å². The smallest absolute Gasteiger partial charge is 0.277 e. The first-order valence-corrected chi connectivity index (χ1v) is 10.9. The highest BCUT2D eigenvalue weighted by Gasteiger charge is 2.32. The number of aryl methyl sites for hydroxylation is 1. The first-order valence-electron chi connectivity index (χ1n) is 9.93. The predicted octanol–water partition coefficient (Wildman–Crippen LogP) is 5.03. The molecule has 0 radical (unpaired) electrons. The number of rotatable bonds is 3. The van der Waals surface area contributed by atoms with Crippen LogP contribution in [0.15, 0.2) is 21.6 Å². The van der Waals surface area contributed by atoms with Crippen LogP contribution in [0.3, 0.4) is 0 Å². The molecule has 0 aliphatic heterocycles. The molecule has 1 saturated carbocycles. The van der Waals surface area contributed by atoms with Crippen molar-refractivity contribution in [2.75, 3.05) is 0 Å². The molecule has 144 valence electrons. The van der Waals surface area contributed by atoms with Crippen LogP contribution in [0.2, 0.25) is 0 Å². The Balaban J connectivity index is 1.76. The van der Waals surface area contributed by atoms with Gasteiger partial charge in [-0.15, -0.1) is 5.10 Å². The van der Waals surface area contributed by atoms with E-state index >= 15 is 0 Å². The van der Waals surface area contributed by atoms with Crippen molar-refractivity contribution >= 4 is 16.9 Å². The third-order valence-electron chi connectivity index (χ3n) is 6.05. The average molecular weight is 385 g/mol. The number of aromatic amines is 1. The van der Waals surface area contributed by atoms with Gasteiger partial charge in [-0.3, -0.25) is 4.79 Å². The fourth-order valence-electron chi connectivity index (χ4n) is 4.35. The molecule has 3 heterocycles. The lowest BCUT2D eigenvalue weighted by molar-refractivity contribution is 0.167. The van der Waals surface area contributed by atoms with Gasteiger partial charge < -0.3 is 4.98 Å². The highest BCUT2D eigenvalue weighted by Crippen LogP contribution is 2.43. The maximum Gasteiger partial charge on any atom is 0.277 e. The van der Waals surface area contributed by atoms with Gasteiger partial charge in [-0.2, -0.15) is 11.3 Å². The zero-order valence-corrected chi connectivity index (χ0v) is 17.4. The molecule has 3 aromatic rings. The van der Waals surface area contributed by atoms with Gasteiger partial charge in [0.15, 0.2) is 11.3 Å². The fourth-order valence-corrected chi connectivity index (χ4v) is 4.99. The van der Waals surface area contributed by atoms with Gasteiger partial charge >= 0.3 is 0 Å². The summed E-state index contributed by atoms with van der Waals surface area (Å²) >= 11 is 1.60. The molecule has 0 aromatic carbocycles. The molecule has 1 aliphatic rings. The van der Waals surface area contributed by atoms with Crippen LogP contribution in [0.5, 0.6) is 0 Å². The van der Waals surface area contributed by atoms with Crippen LogP contribution in [0.25, 0.3) is 16.9 Å². The SMILES string of the molecule is CCc1nc(C2CCC(C(C)(C)C)CC2)n2nc(-c3ccsc3)[nH]c(=O)c12. The number of fused-ring (bicyclic) bond motifs is 1. The van der Waals surface area contributed by atoms with Gasteiger partial charge in [0.1, 0.15) is 5.82 Å². The van der Waals surface area contributed by atoms with E-state index in [1.165, 1.54) is 12.8 Å². The van der Waals surface area contributed by atoms with Gasteiger partial charge in [-0.25, -0.2) is 9.50 Å². The lowest BCUT2D eigenvalue weighted by atomic mass is 9.70. The molecule has 0 bridgehead atoms. The minimum atomic E-state index is -0.0924. The van der Waals surface area contributed by atoms with Gasteiger partial charge in [0, 0.05) is 16.9 Å². The molecule has 1 fully saturated rings. The van der Waals surface area contributed by atoms with Gasteiger partial charge in [-0.1, -0.05) is 27.7 Å². The van der Waals surface area contributed by atoms with Crippen LogP contribution in [0.4, 0.5) is 0 Å². The molecular formula is C21H28N4OS. The molecule has 5 nitrogen and oxygen atoms in total. The number of thiophene rings is 1. The second-order valence-electron chi connectivity index (χ2n) is 8.76. The molecule has 0 atom stereocenters. The topological polar surface area (TPSA) is 63.1 Å². The number of imidazole rings is 1. The summed E-state index contributed by atoms with van der Waals surface area (Å²) in [6, 6.07) is 1.99. The Bertz CT molecular complexity index is 986. The first-order chi connectivity index (χ1) is 12.9. The number of hydrogen-bond donors (Lipinski definition) is 1. The zero-order valence-electron chi connectivity index (χ0n) is 16.6. The van der Waals surface area contributed by atoms with E-state index in [0.29, 0.717) is 22.7 Å². The van der Waals surface area contributed by atoms with Crippen LogP contribution in [0, 0.1) is 11.3 Å². The van der Waals surface area contributed by atoms with E-state index in [9.17, 15) is 4.79 Å². The largest absolute Gasteiger partial charge is 0.303 e. The Kier molecular flexibility index (Phi) is 4.70. The molecule has 4 rings (SSSR count). The van der Waals surface area contributed by atoms with Crippen molar-refractivity contribution in [1.29, 1.82) is 0 Å². The molecule has 0 unspecified atom stereocenters. The lowest BCUT2D eigenvalue weighted by Gasteiger charge is -2.36. The second kappa shape index (κ2) is 6.89. The van der Waals surface area contributed by atoms with Crippen LogP contribution in [-0.2, 0) is 6.42 Å². The van der Waals surface area contributed by atoms with Gasteiger partial charge in [-0.05, 0) is 54.9 Å². The highest BCUT2D eigenvalue weighted by molar-refractivity contribution is 7.08. The van der Waals surface area contributed by atoms with Crippen molar-refractivity contribution in [3.05, 3.63) is 38.7 Å². The van der Waals surface area contributed by atoms with Crippen LogP contribution in [0.1, 0.15) is 70.8 Å². The standard InChI is InChI=1S/C21H28N4OS/c1-5-16-17-20(26)23-18(14-10-11-27-12-14)24-25(17)19(22-16)13-6-8-15(9-7-13)21(2,3)4/h10-13,15H,5-9H2,1-4H3,(H,23,24,26). The van der Waals surface area contributed by atoms with E-state index < -0.39 is 0 Å². The third-order valence-corrected chi connectivity index (χ3v) is 6.73. The number of hydrogen-bond acceptors (Lipinski definition) is 4. The zero-order chi connectivity index (χ0) is 19.2. The summed E-state index contributed by atoms with van der Waals surface area (Å²) in [5, 5.41) is 8.80. The predicted molar refractivity (Wildman–Crippen MR) is 110 cm³/mol. The Morgan fingerprint density at radius 2 is 2.00 bits per heavy atom. The van der Waals surface area contributed by atoms with E-state index in [1.807, 2.05) is 21.3 Å². The fraction of sp³-hybridized carbons (Fsp3) is 0.571. The summed E-state index contributed by atoms with van der Waals surface area (Å²) in [5.41, 5.74) is 2.69. The normalized spacial score (nSPS) is 21.0. The van der Waals surface area contributed by atoms with Crippen LogP contribution in [-0.4, -0.2) is 19.6 Å². The summed E-state index contributed by atoms with van der Waals surface area (Å²) in [4.78, 5) is 20.6. The van der Waals surface area contributed by atoms with Gasteiger partial charge in [0.05, 0.1) is 5.69 Å². The Morgan fingerprint density at radius 1 is 1.26 bits per heavy atom. The summed E-state index contributed by atoms with van der Waals surface area (Å²) in [7, 11) is 0. The van der Waals surface area contributed by atoms with Crippen LogP contribution >= 0.6 is 11.3 Å². The monoisotopic (exact) mass is 384 g/mol. The molecular weight excluding hydrogens is 356 g/mol. The maximum absolute atomic E-state index is 12.8. The van der Waals surface area contributed by atoms with Gasteiger partial charge in [0.25, 0.3) is 5.56 Å². The van der Waals surface area contributed by atoms with Crippen molar-refractivity contribution in [2.24, 2.45) is 11.3 Å². The van der Waals surface area contributed by atoms with E-state index in [4.69, 9.17) is 10.1 Å². The Hall–Kier alpha value is -1.95. The van der Waals surface area contributed by atoms with Crippen molar-refractivity contribution in [2.45, 2.75) is 65.7 Å². The summed E-state index contributed by atoms with van der Waals surface area (Å²) in [6.07, 6.45) is 5.40. The third kappa shape index (κ3) is 3.35. The minimum absolute atomic E-state index is 0.0924. The average Bonchev–Trinajstić information content (AvgIpc) is 3.29. The number of nitrogens with zero attached hydrogens (tertiary/aromatic N) is 3. The van der Waals surface area contributed by atoms with E-state index in [1.54, 1.807) is 11.3 Å². The molecule has 6 heteroatoms. The van der Waals surface area contributed by atoms with Crippen molar-refractivity contribution in [3.8, 4) is 11.4 Å². The van der Waals surface area contributed by atoms with E-state index in [-0.39, 0.29) is 5.56 Å². The Labute approximate surface area is 163 Å². The van der Waals surface area contributed by atoms with Gasteiger partial charge in [0.2, 0.25) is 0 Å². The Morgan fingerprint density at radius 3 is 2.59 bits per heavy atom. The molecule has 1 aliphatic carbocycles. The molecule has 0 amide bonds. The molecule has 27 heavy (non-hydrogen) atoms. The highest BCUT2D eigenvalue weighted by atomic mass is 32.1. The van der Waals surface area contributed by atoms with E-state index in [0.717, 1.165) is 42.3 Å². The molecule has 3 aromatic heterocycles. The van der Waals surface area contributed by atoms with Crippen molar-refractivity contribution in [3.63, 3.8) is 0 Å². The number of H-pyrrole nitrogens is 1. The van der Waals surface area contributed by atoms with Crippen LogP contribution < -0.4 is 5.56 Å². The lowest BCUT2D eigenvalue weighted by Crippen LogP contribution is -2.26. The second-order valence-corrected chi connectivity index (χ2v) is 9.54. The first kappa shape index (κ1) is 18.4. The molecule has 0 spiro atoms. The number of nitrogens with one attached hydrogen (secondary N) is 1. The summed E-state index contributed by atoms with van der Waals surface area (Å²) < 4.78 is 1.84. The molecule has 1 N–H and O–H groups in total. The summed E-state index contributed by atoms with van der Waals surface area (Å²) in [6.45, 7) is 9.07. The molecule has 0 saturated heterocycles.